The van der Waals surface area contributed by atoms with Crippen molar-refractivity contribution in [3.8, 4) is 5.75 Å². The number of benzene rings is 2. The zero-order valence-corrected chi connectivity index (χ0v) is 15.7. The van der Waals surface area contributed by atoms with Gasteiger partial charge in [0.25, 0.3) is 5.91 Å². The minimum atomic E-state index is -0.404. The van der Waals surface area contributed by atoms with Gasteiger partial charge in [0.2, 0.25) is 0 Å². The number of amides is 1. The highest BCUT2D eigenvalue weighted by molar-refractivity contribution is 5.81. The fourth-order valence-electron chi connectivity index (χ4n) is 3.26. The molecule has 4 nitrogen and oxygen atoms in total. The summed E-state index contributed by atoms with van der Waals surface area (Å²) in [6.45, 7) is 8.32. The molecule has 4 heteroatoms. The summed E-state index contributed by atoms with van der Waals surface area (Å²) in [5.41, 5.74) is 2.51. The van der Waals surface area contributed by atoms with Gasteiger partial charge < -0.3 is 9.64 Å². The Morgan fingerprint density at radius 1 is 1.00 bits per heavy atom. The minimum absolute atomic E-state index is 0.104. The van der Waals surface area contributed by atoms with Crippen LogP contribution in [0.4, 0.5) is 0 Å². The zero-order valence-electron chi connectivity index (χ0n) is 15.7. The molecule has 1 heterocycles. The van der Waals surface area contributed by atoms with E-state index in [1.54, 1.807) is 0 Å². The molecule has 26 heavy (non-hydrogen) atoms. The number of piperazine rings is 1. The first-order valence-corrected chi connectivity index (χ1v) is 9.44. The number of carbonyl (C=O) groups is 1. The molecule has 0 N–H and O–H groups in total. The van der Waals surface area contributed by atoms with Crippen molar-refractivity contribution >= 4 is 5.91 Å². The van der Waals surface area contributed by atoms with Gasteiger partial charge in [-0.05, 0) is 31.0 Å². The van der Waals surface area contributed by atoms with Gasteiger partial charge in [0, 0.05) is 32.7 Å². The highest BCUT2D eigenvalue weighted by Gasteiger charge is 2.27. The fourth-order valence-corrected chi connectivity index (χ4v) is 3.26. The molecule has 0 aliphatic carbocycles. The Hall–Kier alpha value is -2.33. The van der Waals surface area contributed by atoms with Crippen molar-refractivity contribution in [3.05, 3.63) is 65.7 Å². The Kier molecular flexibility index (Phi) is 6.29. The van der Waals surface area contributed by atoms with E-state index in [-0.39, 0.29) is 5.91 Å². The number of aryl methyl sites for hydroxylation is 1. The van der Waals surface area contributed by atoms with E-state index in [2.05, 4.69) is 29.2 Å². The van der Waals surface area contributed by atoms with Crippen LogP contribution in [0.15, 0.2) is 54.6 Å². The van der Waals surface area contributed by atoms with E-state index in [1.165, 1.54) is 11.1 Å². The zero-order chi connectivity index (χ0) is 18.4. The third-order valence-electron chi connectivity index (χ3n) is 4.88. The van der Waals surface area contributed by atoms with Crippen molar-refractivity contribution in [2.24, 2.45) is 0 Å². The first-order chi connectivity index (χ1) is 12.7. The number of nitrogens with zero attached hydrogens (tertiary/aromatic N) is 2. The van der Waals surface area contributed by atoms with Crippen LogP contribution in [0.5, 0.6) is 5.75 Å². The van der Waals surface area contributed by atoms with Gasteiger partial charge in [0.05, 0.1) is 0 Å². The second-order valence-corrected chi connectivity index (χ2v) is 6.91. The standard InChI is InChI=1S/C22H28N2O2/c1-3-21(26-20-11-9-18(2)10-12-20)22(25)24-15-13-23(14-16-24)17-19-7-5-4-6-8-19/h4-12,21H,3,13-17H2,1-2H3/t21-/m1/s1. The molecule has 1 amide bonds. The molecule has 0 radical (unpaired) electrons. The van der Waals surface area contributed by atoms with E-state index < -0.39 is 6.10 Å². The van der Waals surface area contributed by atoms with Crippen molar-refractivity contribution in [1.82, 2.24) is 9.80 Å². The summed E-state index contributed by atoms with van der Waals surface area (Å²) in [7, 11) is 0. The fraction of sp³-hybridized carbons (Fsp3) is 0.409. The van der Waals surface area contributed by atoms with Gasteiger partial charge in [0.15, 0.2) is 6.10 Å². The van der Waals surface area contributed by atoms with E-state index >= 15 is 0 Å². The van der Waals surface area contributed by atoms with Crippen molar-refractivity contribution < 1.29 is 9.53 Å². The molecule has 2 aromatic rings. The second kappa shape index (κ2) is 8.86. The predicted octanol–water partition coefficient (Wildman–Crippen LogP) is 3.50. The summed E-state index contributed by atoms with van der Waals surface area (Å²) < 4.78 is 5.95. The molecule has 2 aromatic carbocycles. The summed E-state index contributed by atoms with van der Waals surface area (Å²) in [5.74, 6) is 0.867. The van der Waals surface area contributed by atoms with Crippen LogP contribution in [-0.2, 0) is 11.3 Å². The lowest BCUT2D eigenvalue weighted by atomic mass is 10.1. The van der Waals surface area contributed by atoms with Gasteiger partial charge in [-0.1, -0.05) is 55.0 Å². The summed E-state index contributed by atoms with van der Waals surface area (Å²) in [5, 5.41) is 0. The van der Waals surface area contributed by atoms with E-state index in [4.69, 9.17) is 4.74 Å². The lowest BCUT2D eigenvalue weighted by Crippen LogP contribution is -2.52. The van der Waals surface area contributed by atoms with E-state index in [0.29, 0.717) is 6.42 Å². The van der Waals surface area contributed by atoms with Crippen LogP contribution in [-0.4, -0.2) is 48.0 Å². The van der Waals surface area contributed by atoms with Crippen LogP contribution in [0.25, 0.3) is 0 Å². The molecular weight excluding hydrogens is 324 g/mol. The van der Waals surface area contributed by atoms with Crippen LogP contribution in [0.1, 0.15) is 24.5 Å². The topological polar surface area (TPSA) is 32.8 Å². The van der Waals surface area contributed by atoms with Gasteiger partial charge in [-0.15, -0.1) is 0 Å². The maximum Gasteiger partial charge on any atom is 0.263 e. The Bertz CT molecular complexity index is 692. The average molecular weight is 352 g/mol. The van der Waals surface area contributed by atoms with Crippen LogP contribution in [0, 0.1) is 6.92 Å². The Morgan fingerprint density at radius 3 is 2.27 bits per heavy atom. The molecule has 1 atom stereocenters. The molecule has 1 aliphatic rings. The number of hydrogen-bond donors (Lipinski definition) is 0. The molecular formula is C22H28N2O2. The maximum atomic E-state index is 12.8. The highest BCUT2D eigenvalue weighted by Crippen LogP contribution is 2.17. The second-order valence-electron chi connectivity index (χ2n) is 6.91. The molecule has 1 fully saturated rings. The predicted molar refractivity (Wildman–Crippen MR) is 104 cm³/mol. The molecule has 1 aliphatic heterocycles. The number of hydrogen-bond acceptors (Lipinski definition) is 3. The Balaban J connectivity index is 1.52. The first kappa shape index (κ1) is 18.5. The van der Waals surface area contributed by atoms with Gasteiger partial charge in [-0.2, -0.15) is 0 Å². The number of rotatable bonds is 6. The molecule has 0 spiro atoms. The average Bonchev–Trinajstić information content (AvgIpc) is 2.68. The molecule has 138 valence electrons. The van der Waals surface area contributed by atoms with Crippen molar-refractivity contribution in [3.63, 3.8) is 0 Å². The third-order valence-corrected chi connectivity index (χ3v) is 4.88. The normalized spacial score (nSPS) is 16.3. The van der Waals surface area contributed by atoms with Crippen LogP contribution in [0.3, 0.4) is 0 Å². The van der Waals surface area contributed by atoms with Crippen LogP contribution in [0.2, 0.25) is 0 Å². The van der Waals surface area contributed by atoms with E-state index in [1.807, 2.05) is 49.1 Å². The molecule has 0 saturated carbocycles. The highest BCUT2D eigenvalue weighted by atomic mass is 16.5. The SMILES string of the molecule is CC[C@@H](Oc1ccc(C)cc1)C(=O)N1CCN(Cc2ccccc2)CC1. The maximum absolute atomic E-state index is 12.8. The molecule has 0 aromatic heterocycles. The third kappa shape index (κ3) is 4.85. The minimum Gasteiger partial charge on any atom is -0.481 e. The van der Waals surface area contributed by atoms with Gasteiger partial charge in [-0.25, -0.2) is 0 Å². The number of ether oxygens (including phenoxy) is 1. The summed E-state index contributed by atoms with van der Waals surface area (Å²) in [6.07, 6.45) is 0.273. The van der Waals surface area contributed by atoms with Crippen molar-refractivity contribution in [1.29, 1.82) is 0 Å². The Morgan fingerprint density at radius 2 is 1.65 bits per heavy atom. The van der Waals surface area contributed by atoms with E-state index in [9.17, 15) is 4.79 Å². The first-order valence-electron chi connectivity index (χ1n) is 9.44. The number of carbonyl (C=O) groups excluding carboxylic acids is 1. The largest absolute Gasteiger partial charge is 0.481 e. The van der Waals surface area contributed by atoms with Crippen LogP contribution >= 0.6 is 0 Å². The molecule has 0 unspecified atom stereocenters. The molecule has 3 rings (SSSR count). The summed E-state index contributed by atoms with van der Waals surface area (Å²) in [6, 6.07) is 18.4. The Labute approximate surface area is 156 Å². The monoisotopic (exact) mass is 352 g/mol. The van der Waals surface area contributed by atoms with Crippen LogP contribution < -0.4 is 4.74 Å². The van der Waals surface area contributed by atoms with E-state index in [0.717, 1.165) is 38.5 Å². The van der Waals surface area contributed by atoms with Crippen molar-refractivity contribution in [2.75, 3.05) is 26.2 Å². The summed E-state index contributed by atoms with van der Waals surface area (Å²) >= 11 is 0. The smallest absolute Gasteiger partial charge is 0.263 e. The molecule has 0 bridgehead atoms. The quantitative estimate of drug-likeness (QED) is 0.798. The molecule has 1 saturated heterocycles. The van der Waals surface area contributed by atoms with Gasteiger partial charge in [-0.3, -0.25) is 9.69 Å². The lowest BCUT2D eigenvalue weighted by Gasteiger charge is -2.36. The summed E-state index contributed by atoms with van der Waals surface area (Å²) in [4.78, 5) is 17.2. The van der Waals surface area contributed by atoms with Gasteiger partial charge >= 0.3 is 0 Å². The van der Waals surface area contributed by atoms with Crippen molar-refractivity contribution in [2.45, 2.75) is 32.9 Å². The lowest BCUT2D eigenvalue weighted by molar-refractivity contribution is -0.140. The van der Waals surface area contributed by atoms with Gasteiger partial charge in [0.1, 0.15) is 5.75 Å².